The van der Waals surface area contributed by atoms with Crippen LogP contribution in [0, 0.1) is 12.3 Å². The molecule has 43 heavy (non-hydrogen) atoms. The van der Waals surface area contributed by atoms with Crippen LogP contribution in [-0.4, -0.2) is 66.1 Å². The normalized spacial score (nSPS) is 23.6. The number of aliphatic hydroxyl groups is 3. The number of fused-ring (bicyclic) bond motifs is 1. The van der Waals surface area contributed by atoms with Crippen LogP contribution < -0.4 is 10.1 Å². The van der Waals surface area contributed by atoms with Gasteiger partial charge in [-0.05, 0) is 28.8 Å². The van der Waals surface area contributed by atoms with Gasteiger partial charge in [0.05, 0.1) is 13.4 Å². The molecular formula is C32H28FN5O5. The van der Waals surface area contributed by atoms with Crippen LogP contribution in [0.15, 0.2) is 97.6 Å². The number of halogens is 1. The molecule has 2 aromatic heterocycles. The molecule has 4 atom stereocenters. The molecule has 0 spiro atoms. The molecule has 1 aliphatic heterocycles. The summed E-state index contributed by atoms with van der Waals surface area (Å²) in [6.07, 6.45) is 4.17. The van der Waals surface area contributed by atoms with E-state index in [4.69, 9.17) is 15.9 Å². The molecular weight excluding hydrogens is 553 g/mol. The molecule has 1 aliphatic rings. The maximum atomic E-state index is 15.2. The van der Waals surface area contributed by atoms with Gasteiger partial charge < -0.3 is 30.1 Å². The fourth-order valence-electron chi connectivity index (χ4n) is 5.57. The lowest BCUT2D eigenvalue weighted by Crippen LogP contribution is -2.49. The minimum absolute atomic E-state index is 0.135. The average Bonchev–Trinajstić information content (AvgIpc) is 3.58. The first kappa shape index (κ1) is 28.3. The summed E-state index contributed by atoms with van der Waals surface area (Å²) in [7, 11) is 1.60. The molecule has 1 fully saturated rings. The van der Waals surface area contributed by atoms with Crippen LogP contribution in [0.2, 0.25) is 0 Å². The largest absolute Gasteiger partial charge is 0.497 e. The van der Waals surface area contributed by atoms with Crippen molar-refractivity contribution in [2.75, 3.05) is 19.0 Å². The third-order valence-electron chi connectivity index (χ3n) is 7.81. The number of rotatable bonds is 8. The maximum absolute atomic E-state index is 15.2. The number of nitrogens with one attached hydrogen (secondary N) is 1. The molecule has 10 nitrogen and oxygen atoms in total. The quantitative estimate of drug-likeness (QED) is 0.161. The Morgan fingerprint density at radius 1 is 1.00 bits per heavy atom. The molecule has 6 rings (SSSR count). The van der Waals surface area contributed by atoms with Crippen LogP contribution in [0.1, 0.15) is 22.9 Å². The van der Waals surface area contributed by atoms with Gasteiger partial charge in [0.15, 0.2) is 29.3 Å². The third-order valence-corrected chi connectivity index (χ3v) is 7.81. The smallest absolute Gasteiger partial charge is 0.264 e. The van der Waals surface area contributed by atoms with Crippen LogP contribution in [-0.2, 0) is 10.3 Å². The number of hydrogen-bond acceptors (Lipinski definition) is 9. The highest BCUT2D eigenvalue weighted by Gasteiger charge is 2.65. The minimum Gasteiger partial charge on any atom is -0.497 e. The van der Waals surface area contributed by atoms with Gasteiger partial charge in [-0.15, -0.1) is 6.42 Å². The lowest BCUT2D eigenvalue weighted by Gasteiger charge is -2.37. The highest BCUT2D eigenvalue weighted by molar-refractivity contribution is 5.84. The fourth-order valence-corrected chi connectivity index (χ4v) is 5.57. The zero-order chi connectivity index (χ0) is 30.2. The molecule has 0 aliphatic carbocycles. The van der Waals surface area contributed by atoms with E-state index in [9.17, 15) is 15.3 Å². The lowest BCUT2D eigenvalue weighted by molar-refractivity contribution is -0.206. The van der Waals surface area contributed by atoms with Crippen molar-refractivity contribution in [1.29, 1.82) is 0 Å². The zero-order valence-electron chi connectivity index (χ0n) is 23.0. The standard InChI is InChI=1S/C32H28FN5O5/c1-3-30(41)28(40)31(33,18-39)43-29(30)38-20-36-25-26(34-19-35-27(25)38)37-32(21-10-6-4-7-11-21,22-12-8-5-9-13-22)23-14-16-24(42-2)17-15-23/h1,4-17,19-20,28-29,39-41H,18H2,2H3,(H,34,35,37)/t28-,29+,30+,31+/m0/s1. The van der Waals surface area contributed by atoms with Gasteiger partial charge in [0.25, 0.3) is 5.85 Å². The third kappa shape index (κ3) is 4.40. The molecule has 5 aromatic rings. The van der Waals surface area contributed by atoms with E-state index in [0.717, 1.165) is 16.7 Å². The summed E-state index contributed by atoms with van der Waals surface area (Å²) in [6, 6.07) is 27.3. The van der Waals surface area contributed by atoms with Gasteiger partial charge in [0.1, 0.15) is 24.2 Å². The van der Waals surface area contributed by atoms with E-state index in [0.29, 0.717) is 11.6 Å². The van der Waals surface area contributed by atoms with E-state index < -0.39 is 35.9 Å². The molecule has 3 heterocycles. The topological polar surface area (TPSA) is 135 Å². The number of methoxy groups -OCH3 is 1. The molecule has 11 heteroatoms. The Morgan fingerprint density at radius 3 is 2.16 bits per heavy atom. The first-order chi connectivity index (χ1) is 20.8. The van der Waals surface area contributed by atoms with Gasteiger partial charge in [0, 0.05) is 0 Å². The van der Waals surface area contributed by atoms with Crippen molar-refractivity contribution in [3.63, 3.8) is 0 Å². The first-order valence-electron chi connectivity index (χ1n) is 13.4. The van der Waals surface area contributed by atoms with Crippen molar-refractivity contribution < 1.29 is 29.2 Å². The lowest BCUT2D eigenvalue weighted by atomic mass is 9.77. The number of anilines is 1. The van der Waals surface area contributed by atoms with E-state index >= 15 is 4.39 Å². The van der Waals surface area contributed by atoms with Crippen molar-refractivity contribution in [2.24, 2.45) is 0 Å². The molecule has 218 valence electrons. The monoisotopic (exact) mass is 581 g/mol. The highest BCUT2D eigenvalue weighted by Crippen LogP contribution is 2.46. The predicted molar refractivity (Wildman–Crippen MR) is 156 cm³/mol. The highest BCUT2D eigenvalue weighted by atomic mass is 19.2. The fraction of sp³-hybridized carbons (Fsp3) is 0.219. The molecule has 0 unspecified atom stereocenters. The zero-order valence-corrected chi connectivity index (χ0v) is 23.0. The maximum Gasteiger partial charge on any atom is 0.264 e. The van der Waals surface area contributed by atoms with Crippen LogP contribution in [0.3, 0.4) is 0 Å². The van der Waals surface area contributed by atoms with E-state index in [-0.39, 0.29) is 11.2 Å². The Morgan fingerprint density at radius 2 is 1.60 bits per heavy atom. The Bertz CT molecular complexity index is 1740. The number of benzene rings is 3. The summed E-state index contributed by atoms with van der Waals surface area (Å²) in [5.74, 6) is 0.00509. The molecule has 0 radical (unpaired) electrons. The number of alkyl halides is 1. The molecule has 1 saturated heterocycles. The van der Waals surface area contributed by atoms with Crippen molar-refractivity contribution in [1.82, 2.24) is 19.5 Å². The average molecular weight is 582 g/mol. The van der Waals surface area contributed by atoms with Gasteiger partial charge in [-0.25, -0.2) is 19.3 Å². The van der Waals surface area contributed by atoms with Crippen molar-refractivity contribution >= 4 is 17.0 Å². The second kappa shape index (κ2) is 10.8. The van der Waals surface area contributed by atoms with Crippen LogP contribution in [0.4, 0.5) is 10.2 Å². The van der Waals surface area contributed by atoms with Gasteiger partial charge >= 0.3 is 0 Å². The van der Waals surface area contributed by atoms with Gasteiger partial charge in [-0.2, -0.15) is 0 Å². The Hall–Kier alpha value is -4.86. The number of terminal acetylenes is 1. The summed E-state index contributed by atoms with van der Waals surface area (Å²) in [4.78, 5) is 13.3. The summed E-state index contributed by atoms with van der Waals surface area (Å²) in [5.41, 5.74) is -0.487. The van der Waals surface area contributed by atoms with Gasteiger partial charge in [-0.1, -0.05) is 78.7 Å². The molecule has 4 N–H and O–H groups in total. The van der Waals surface area contributed by atoms with E-state index in [1.54, 1.807) is 7.11 Å². The Kier molecular flexibility index (Phi) is 7.07. The second-order valence-electron chi connectivity index (χ2n) is 10.2. The Labute approximate surface area is 246 Å². The van der Waals surface area contributed by atoms with Crippen molar-refractivity contribution in [3.05, 3.63) is 114 Å². The number of aromatic nitrogens is 4. The van der Waals surface area contributed by atoms with Crippen molar-refractivity contribution in [3.8, 4) is 18.1 Å². The van der Waals surface area contributed by atoms with Crippen LogP contribution in [0.25, 0.3) is 11.2 Å². The second-order valence-corrected chi connectivity index (χ2v) is 10.2. The number of ether oxygens (including phenoxy) is 2. The SMILES string of the molecule is C#C[C@]1(O)[C@H](n2cnc3c(NC(c4ccccc4)(c4ccccc4)c4ccc(OC)cc4)ncnc32)O[C@](F)(CO)[C@H]1O. The number of imidazole rings is 1. The van der Waals surface area contributed by atoms with E-state index in [1.165, 1.54) is 17.2 Å². The number of aliphatic hydroxyl groups excluding tert-OH is 2. The first-order valence-corrected chi connectivity index (χ1v) is 13.4. The van der Waals surface area contributed by atoms with Crippen molar-refractivity contribution in [2.45, 2.75) is 29.3 Å². The molecule has 3 aromatic carbocycles. The summed E-state index contributed by atoms with van der Waals surface area (Å²) >= 11 is 0. The Balaban J connectivity index is 1.54. The van der Waals surface area contributed by atoms with E-state index in [1.807, 2.05) is 90.8 Å². The number of hydrogen-bond donors (Lipinski definition) is 4. The van der Waals surface area contributed by atoms with E-state index in [2.05, 4.69) is 20.3 Å². The molecule has 0 amide bonds. The predicted octanol–water partition coefficient (Wildman–Crippen LogP) is 3.15. The molecule has 0 saturated carbocycles. The summed E-state index contributed by atoms with van der Waals surface area (Å²) in [5, 5.41) is 34.8. The molecule has 0 bridgehead atoms. The summed E-state index contributed by atoms with van der Waals surface area (Å²) in [6.45, 7) is -1.23. The van der Waals surface area contributed by atoms with Crippen LogP contribution >= 0.6 is 0 Å². The number of nitrogens with zero attached hydrogens (tertiary/aromatic N) is 4. The van der Waals surface area contributed by atoms with Crippen LogP contribution in [0.5, 0.6) is 5.75 Å². The van der Waals surface area contributed by atoms with Gasteiger partial charge in [0.2, 0.25) is 5.60 Å². The minimum atomic E-state index is -3.01. The van der Waals surface area contributed by atoms with Gasteiger partial charge in [-0.3, -0.25) is 4.57 Å². The summed E-state index contributed by atoms with van der Waals surface area (Å²) < 4.78 is 27.2.